The van der Waals surface area contributed by atoms with E-state index in [0.29, 0.717) is 16.9 Å². The van der Waals surface area contributed by atoms with Gasteiger partial charge in [0.25, 0.3) is 0 Å². The number of hydrogen-bond donors (Lipinski definition) is 2. The maximum Gasteiger partial charge on any atom is 0.343 e. The van der Waals surface area contributed by atoms with Gasteiger partial charge in [-0.05, 0) is 31.2 Å². The van der Waals surface area contributed by atoms with Crippen molar-refractivity contribution in [2.24, 2.45) is 0 Å². The molecule has 110 valence electrons. The minimum absolute atomic E-state index is 0.0375. The molecule has 3 rings (SSSR count). The second kappa shape index (κ2) is 5.41. The van der Waals surface area contributed by atoms with Crippen LogP contribution in [0.3, 0.4) is 0 Å². The van der Waals surface area contributed by atoms with E-state index in [1.165, 1.54) is 24.3 Å². The summed E-state index contributed by atoms with van der Waals surface area (Å²) >= 11 is 0. The van der Waals surface area contributed by atoms with Crippen LogP contribution in [0.4, 0.5) is 0 Å². The zero-order valence-electron chi connectivity index (χ0n) is 11.9. The Morgan fingerprint density at radius 3 is 2.45 bits per heavy atom. The van der Waals surface area contributed by atoms with Gasteiger partial charge in [0, 0.05) is 17.2 Å². The molecular weight excluding hydrogens is 280 g/mol. The Morgan fingerprint density at radius 2 is 1.77 bits per heavy atom. The summed E-state index contributed by atoms with van der Waals surface area (Å²) in [5.74, 6) is -0.125. The Bertz CT molecular complexity index is 798. The number of cyclic esters (lactones) is 1. The van der Waals surface area contributed by atoms with E-state index in [4.69, 9.17) is 4.74 Å². The van der Waals surface area contributed by atoms with Crippen LogP contribution in [0.2, 0.25) is 0 Å². The highest BCUT2D eigenvalue weighted by atomic mass is 16.5. The molecule has 0 saturated carbocycles. The van der Waals surface area contributed by atoms with Crippen LogP contribution in [0.5, 0.6) is 11.5 Å². The van der Waals surface area contributed by atoms with Crippen LogP contribution in [0.1, 0.15) is 16.7 Å². The molecule has 0 saturated heterocycles. The number of benzene rings is 2. The first-order valence-electron chi connectivity index (χ1n) is 6.77. The number of carbonyl (C=O) groups is 1. The first kappa shape index (κ1) is 13.9. The molecule has 0 amide bonds. The maximum absolute atomic E-state index is 11.9. The van der Waals surface area contributed by atoms with E-state index in [1.807, 2.05) is 31.2 Å². The summed E-state index contributed by atoms with van der Waals surface area (Å²) in [6, 6.07) is 11.8. The van der Waals surface area contributed by atoms with Crippen molar-refractivity contribution in [3.05, 3.63) is 70.8 Å². The van der Waals surface area contributed by atoms with Crippen molar-refractivity contribution in [2.45, 2.75) is 6.92 Å². The minimum atomic E-state index is -0.469. The van der Waals surface area contributed by atoms with E-state index in [0.717, 1.165) is 11.1 Å². The van der Waals surface area contributed by atoms with Gasteiger partial charge in [0.1, 0.15) is 17.3 Å². The van der Waals surface area contributed by atoms with Crippen LogP contribution in [0.25, 0.3) is 11.8 Å². The molecule has 1 aliphatic heterocycles. The zero-order valence-corrected chi connectivity index (χ0v) is 11.9. The number of esters is 1. The van der Waals surface area contributed by atoms with Gasteiger partial charge in [-0.15, -0.1) is 0 Å². The monoisotopic (exact) mass is 294 g/mol. The lowest BCUT2D eigenvalue weighted by Crippen LogP contribution is -1.97. The molecule has 0 aliphatic carbocycles. The van der Waals surface area contributed by atoms with Crippen molar-refractivity contribution < 1.29 is 19.7 Å². The predicted octanol–water partition coefficient (Wildman–Crippen LogP) is 3.39. The summed E-state index contributed by atoms with van der Waals surface area (Å²) in [6.07, 6.45) is 3.16. The van der Waals surface area contributed by atoms with Crippen LogP contribution in [0.15, 0.2) is 54.1 Å². The lowest BCUT2D eigenvalue weighted by molar-refractivity contribution is -0.130. The molecule has 0 atom stereocenters. The second-order valence-electron chi connectivity index (χ2n) is 5.11. The summed E-state index contributed by atoms with van der Waals surface area (Å²) in [5, 5.41) is 19.1. The Labute approximate surface area is 127 Å². The molecule has 22 heavy (non-hydrogen) atoms. The van der Waals surface area contributed by atoms with Gasteiger partial charge in [0.15, 0.2) is 0 Å². The van der Waals surface area contributed by atoms with Gasteiger partial charge in [-0.3, -0.25) is 0 Å². The van der Waals surface area contributed by atoms with E-state index >= 15 is 0 Å². The van der Waals surface area contributed by atoms with Gasteiger partial charge in [-0.2, -0.15) is 0 Å². The summed E-state index contributed by atoms with van der Waals surface area (Å²) in [4.78, 5) is 11.9. The van der Waals surface area contributed by atoms with Crippen molar-refractivity contribution in [2.75, 3.05) is 0 Å². The third kappa shape index (κ3) is 2.72. The van der Waals surface area contributed by atoms with E-state index in [9.17, 15) is 15.0 Å². The topological polar surface area (TPSA) is 66.8 Å². The van der Waals surface area contributed by atoms with Crippen LogP contribution >= 0.6 is 0 Å². The molecule has 0 radical (unpaired) electrons. The number of rotatable bonds is 2. The maximum atomic E-state index is 11.9. The summed E-state index contributed by atoms with van der Waals surface area (Å²) in [6.45, 7) is 1.98. The van der Waals surface area contributed by atoms with Gasteiger partial charge < -0.3 is 14.9 Å². The highest BCUT2D eigenvalue weighted by Crippen LogP contribution is 2.30. The Balaban J connectivity index is 1.95. The quantitative estimate of drug-likeness (QED) is 0.658. The van der Waals surface area contributed by atoms with E-state index in [-0.39, 0.29) is 11.5 Å². The van der Waals surface area contributed by atoms with Crippen LogP contribution in [-0.4, -0.2) is 16.2 Å². The third-order valence-electron chi connectivity index (χ3n) is 3.39. The van der Waals surface area contributed by atoms with Crippen molar-refractivity contribution in [3.8, 4) is 11.5 Å². The minimum Gasteiger partial charge on any atom is -0.508 e. The van der Waals surface area contributed by atoms with Gasteiger partial charge in [-0.1, -0.05) is 29.8 Å². The second-order valence-corrected chi connectivity index (χ2v) is 5.11. The van der Waals surface area contributed by atoms with Crippen LogP contribution in [0, 0.1) is 6.92 Å². The summed E-state index contributed by atoms with van der Waals surface area (Å²) in [7, 11) is 0. The highest BCUT2D eigenvalue weighted by Gasteiger charge is 2.22. The van der Waals surface area contributed by atoms with E-state index in [1.54, 1.807) is 6.08 Å². The van der Waals surface area contributed by atoms with Gasteiger partial charge in [-0.25, -0.2) is 4.79 Å². The van der Waals surface area contributed by atoms with E-state index < -0.39 is 5.97 Å². The Hall–Kier alpha value is -3.01. The average Bonchev–Trinajstić information content (AvgIpc) is 2.84. The lowest BCUT2D eigenvalue weighted by atomic mass is 10.1. The van der Waals surface area contributed by atoms with Crippen molar-refractivity contribution in [1.29, 1.82) is 0 Å². The number of hydrogen-bond acceptors (Lipinski definition) is 4. The first-order chi connectivity index (χ1) is 10.5. The normalized spacial score (nSPS) is 15.8. The highest BCUT2D eigenvalue weighted by molar-refractivity contribution is 6.05. The van der Waals surface area contributed by atoms with Crippen LogP contribution in [-0.2, 0) is 9.53 Å². The number of carbonyl (C=O) groups excluding carboxylic acids is 1. The number of phenolic OH excluding ortho intramolecular Hbond substituents is 2. The van der Waals surface area contributed by atoms with Crippen LogP contribution < -0.4 is 0 Å². The smallest absolute Gasteiger partial charge is 0.343 e. The predicted molar refractivity (Wildman–Crippen MR) is 83.0 cm³/mol. The van der Waals surface area contributed by atoms with Crippen molar-refractivity contribution in [1.82, 2.24) is 0 Å². The fourth-order valence-electron chi connectivity index (χ4n) is 2.17. The van der Waals surface area contributed by atoms with Gasteiger partial charge in [0.2, 0.25) is 0 Å². The fraction of sp³-hybridized carbons (Fsp3) is 0.0556. The van der Waals surface area contributed by atoms with Gasteiger partial charge >= 0.3 is 5.97 Å². The SMILES string of the molecule is Cc1ccc(C2=C/C(=C\c3ccc(O)cc3O)C(=O)O2)cc1. The van der Waals surface area contributed by atoms with E-state index in [2.05, 4.69) is 0 Å². The number of aromatic hydroxyl groups is 2. The fourth-order valence-corrected chi connectivity index (χ4v) is 2.17. The standard InChI is InChI=1S/C18H14O4/c1-11-2-4-12(5-3-11)17-9-14(18(21)22-17)8-13-6-7-15(19)10-16(13)20/h2-10,19-20H,1H3/b14-8+. The molecule has 0 unspecified atom stereocenters. The molecule has 2 aromatic rings. The number of aryl methyl sites for hydroxylation is 1. The molecule has 0 spiro atoms. The number of ether oxygens (including phenoxy) is 1. The molecule has 1 aliphatic rings. The molecule has 0 bridgehead atoms. The molecule has 2 aromatic carbocycles. The van der Waals surface area contributed by atoms with Crippen molar-refractivity contribution in [3.63, 3.8) is 0 Å². The summed E-state index contributed by atoms with van der Waals surface area (Å²) < 4.78 is 5.26. The average molecular weight is 294 g/mol. The summed E-state index contributed by atoms with van der Waals surface area (Å²) in [5.41, 5.74) is 2.72. The Kier molecular flexibility index (Phi) is 3.43. The number of phenols is 2. The third-order valence-corrected chi connectivity index (χ3v) is 3.39. The molecule has 1 heterocycles. The lowest BCUT2D eigenvalue weighted by Gasteiger charge is -2.01. The molecular formula is C18H14O4. The molecule has 0 fully saturated rings. The molecule has 4 nitrogen and oxygen atoms in total. The Morgan fingerprint density at radius 1 is 1.05 bits per heavy atom. The molecule has 0 aromatic heterocycles. The van der Waals surface area contributed by atoms with Gasteiger partial charge in [0.05, 0.1) is 5.57 Å². The molecule has 4 heteroatoms. The van der Waals surface area contributed by atoms with Crippen molar-refractivity contribution >= 4 is 17.8 Å². The first-order valence-corrected chi connectivity index (χ1v) is 6.77. The molecule has 2 N–H and O–H groups in total. The largest absolute Gasteiger partial charge is 0.508 e. The zero-order chi connectivity index (χ0) is 15.7.